The van der Waals surface area contributed by atoms with Crippen LogP contribution in [0.15, 0.2) is 28.9 Å². The molecule has 0 saturated heterocycles. The minimum Gasteiger partial charge on any atom is -0.480 e. The number of nitrogens with zero attached hydrogens (tertiary/aromatic N) is 3. The number of aliphatic carboxylic acids is 1. The van der Waals surface area contributed by atoms with Crippen molar-refractivity contribution in [3.8, 4) is 5.69 Å². The van der Waals surface area contributed by atoms with Crippen LogP contribution in [-0.4, -0.2) is 32.1 Å². The van der Waals surface area contributed by atoms with E-state index in [1.807, 2.05) is 6.07 Å². The Bertz CT molecular complexity index is 616. The average molecular weight is 346 g/mol. The normalized spacial score (nSPS) is 12.4. The summed E-state index contributed by atoms with van der Waals surface area (Å²) in [6, 6.07) is 4.35. The SMILES string of the molecule is NC(Cc1cn(-c2ccc(Br)cc2Cl)nn1)C(=O)O. The van der Waals surface area contributed by atoms with Gasteiger partial charge in [-0.3, -0.25) is 4.79 Å². The Kier molecular flexibility index (Phi) is 4.18. The molecular formula is C11H10BrClN4O2. The molecule has 0 spiro atoms. The molecule has 2 rings (SSSR count). The molecule has 100 valence electrons. The van der Waals surface area contributed by atoms with Crippen molar-refractivity contribution in [3.63, 3.8) is 0 Å². The molecule has 1 aromatic carbocycles. The summed E-state index contributed by atoms with van der Waals surface area (Å²) in [5.41, 5.74) is 6.59. The Hall–Kier alpha value is -1.44. The predicted molar refractivity (Wildman–Crippen MR) is 73.4 cm³/mol. The number of hydrogen-bond acceptors (Lipinski definition) is 4. The van der Waals surface area contributed by atoms with Gasteiger partial charge >= 0.3 is 5.97 Å². The van der Waals surface area contributed by atoms with E-state index in [9.17, 15) is 4.79 Å². The van der Waals surface area contributed by atoms with Gasteiger partial charge in [0.2, 0.25) is 0 Å². The zero-order valence-electron chi connectivity index (χ0n) is 9.62. The van der Waals surface area contributed by atoms with Crippen molar-refractivity contribution in [2.24, 2.45) is 5.73 Å². The number of carbonyl (C=O) groups is 1. The summed E-state index contributed by atoms with van der Waals surface area (Å²) in [5.74, 6) is -1.07. The first-order valence-electron chi connectivity index (χ1n) is 5.32. The van der Waals surface area contributed by atoms with Gasteiger partial charge in [0.05, 0.1) is 22.6 Å². The highest BCUT2D eigenvalue weighted by Gasteiger charge is 2.15. The molecule has 1 unspecified atom stereocenters. The van der Waals surface area contributed by atoms with E-state index in [1.165, 1.54) is 4.68 Å². The second-order valence-corrected chi connectivity index (χ2v) is 5.22. The van der Waals surface area contributed by atoms with Crippen LogP contribution in [0.25, 0.3) is 5.69 Å². The fourth-order valence-corrected chi connectivity index (χ4v) is 2.25. The lowest BCUT2D eigenvalue weighted by Gasteiger charge is -2.03. The van der Waals surface area contributed by atoms with Gasteiger partial charge in [-0.1, -0.05) is 32.7 Å². The van der Waals surface area contributed by atoms with Gasteiger partial charge < -0.3 is 10.8 Å². The van der Waals surface area contributed by atoms with Gasteiger partial charge in [0.15, 0.2) is 0 Å². The minimum absolute atomic E-state index is 0.115. The van der Waals surface area contributed by atoms with Gasteiger partial charge in [0.1, 0.15) is 6.04 Å². The van der Waals surface area contributed by atoms with Crippen molar-refractivity contribution in [2.45, 2.75) is 12.5 Å². The third kappa shape index (κ3) is 3.31. The topological polar surface area (TPSA) is 94.0 Å². The summed E-state index contributed by atoms with van der Waals surface area (Å²) in [4.78, 5) is 10.7. The van der Waals surface area contributed by atoms with E-state index in [1.54, 1.807) is 18.3 Å². The van der Waals surface area contributed by atoms with Crippen molar-refractivity contribution in [1.82, 2.24) is 15.0 Å². The molecule has 19 heavy (non-hydrogen) atoms. The molecule has 1 heterocycles. The maximum atomic E-state index is 10.7. The zero-order valence-corrected chi connectivity index (χ0v) is 12.0. The summed E-state index contributed by atoms with van der Waals surface area (Å²) in [6.45, 7) is 0. The molecule has 0 fully saturated rings. The number of benzene rings is 1. The summed E-state index contributed by atoms with van der Waals surface area (Å²) in [5, 5.41) is 17.0. The molecule has 0 amide bonds. The molecular weight excluding hydrogens is 336 g/mol. The number of carboxylic acid groups (broad SMARTS) is 1. The van der Waals surface area contributed by atoms with Crippen molar-refractivity contribution in [1.29, 1.82) is 0 Å². The molecule has 1 atom stereocenters. The van der Waals surface area contributed by atoms with Gasteiger partial charge in [0.25, 0.3) is 0 Å². The van der Waals surface area contributed by atoms with E-state index in [2.05, 4.69) is 26.2 Å². The van der Waals surface area contributed by atoms with Gasteiger partial charge in [-0.05, 0) is 18.2 Å². The summed E-state index contributed by atoms with van der Waals surface area (Å²) >= 11 is 9.40. The van der Waals surface area contributed by atoms with E-state index >= 15 is 0 Å². The van der Waals surface area contributed by atoms with E-state index < -0.39 is 12.0 Å². The molecule has 1 aromatic heterocycles. The lowest BCUT2D eigenvalue weighted by Crippen LogP contribution is -2.32. The van der Waals surface area contributed by atoms with Crippen LogP contribution in [0.3, 0.4) is 0 Å². The van der Waals surface area contributed by atoms with E-state index in [0.29, 0.717) is 16.4 Å². The number of hydrogen-bond donors (Lipinski definition) is 2. The van der Waals surface area contributed by atoms with Gasteiger partial charge in [-0.25, -0.2) is 4.68 Å². The highest BCUT2D eigenvalue weighted by Crippen LogP contribution is 2.24. The average Bonchev–Trinajstić information content (AvgIpc) is 2.77. The summed E-state index contributed by atoms with van der Waals surface area (Å²) in [6.07, 6.45) is 1.72. The number of nitrogens with two attached hydrogens (primary N) is 1. The van der Waals surface area contributed by atoms with Crippen LogP contribution in [-0.2, 0) is 11.2 Å². The number of carboxylic acids is 1. The third-order valence-electron chi connectivity index (χ3n) is 2.44. The lowest BCUT2D eigenvalue weighted by atomic mass is 10.2. The molecule has 0 saturated carbocycles. The second kappa shape index (κ2) is 5.68. The largest absolute Gasteiger partial charge is 0.480 e. The first-order valence-corrected chi connectivity index (χ1v) is 6.49. The fraction of sp³-hybridized carbons (Fsp3) is 0.182. The van der Waals surface area contributed by atoms with Crippen LogP contribution < -0.4 is 5.73 Å². The van der Waals surface area contributed by atoms with Crippen molar-refractivity contribution < 1.29 is 9.90 Å². The van der Waals surface area contributed by atoms with Gasteiger partial charge in [-0.15, -0.1) is 5.10 Å². The Labute approximate surface area is 122 Å². The number of rotatable bonds is 4. The minimum atomic E-state index is -1.07. The lowest BCUT2D eigenvalue weighted by molar-refractivity contribution is -0.138. The van der Waals surface area contributed by atoms with Crippen LogP contribution in [0, 0.1) is 0 Å². The third-order valence-corrected chi connectivity index (χ3v) is 3.24. The standard InChI is InChI=1S/C11H10BrClN4O2/c12-6-1-2-10(8(13)3-6)17-5-7(15-16-17)4-9(14)11(18)19/h1-3,5,9H,4,14H2,(H,18,19). The fourth-order valence-electron chi connectivity index (χ4n) is 1.49. The van der Waals surface area contributed by atoms with Crippen LogP contribution in [0.2, 0.25) is 5.02 Å². The Morgan fingerprint density at radius 1 is 1.58 bits per heavy atom. The quantitative estimate of drug-likeness (QED) is 0.878. The van der Waals surface area contributed by atoms with Gasteiger partial charge in [0, 0.05) is 10.9 Å². The van der Waals surface area contributed by atoms with Crippen molar-refractivity contribution in [2.75, 3.05) is 0 Å². The zero-order chi connectivity index (χ0) is 14.0. The van der Waals surface area contributed by atoms with Crippen molar-refractivity contribution >= 4 is 33.5 Å². The highest BCUT2D eigenvalue weighted by molar-refractivity contribution is 9.10. The molecule has 2 aromatic rings. The molecule has 0 aliphatic carbocycles. The Balaban J connectivity index is 2.23. The smallest absolute Gasteiger partial charge is 0.320 e. The summed E-state index contributed by atoms with van der Waals surface area (Å²) in [7, 11) is 0. The predicted octanol–water partition coefficient (Wildman–Crippen LogP) is 1.64. The number of aromatic nitrogens is 3. The van der Waals surface area contributed by atoms with E-state index in [4.69, 9.17) is 22.4 Å². The first kappa shape index (κ1) is 14.0. The molecule has 0 bridgehead atoms. The second-order valence-electron chi connectivity index (χ2n) is 3.90. The Morgan fingerprint density at radius 2 is 2.32 bits per heavy atom. The molecule has 0 aliphatic heterocycles. The maximum Gasteiger partial charge on any atom is 0.320 e. The Morgan fingerprint density at radius 3 is 2.95 bits per heavy atom. The van der Waals surface area contributed by atoms with Crippen LogP contribution in [0.1, 0.15) is 5.69 Å². The number of halogens is 2. The van der Waals surface area contributed by atoms with Crippen LogP contribution in [0.4, 0.5) is 0 Å². The highest BCUT2D eigenvalue weighted by atomic mass is 79.9. The molecule has 0 aliphatic rings. The van der Waals surface area contributed by atoms with E-state index in [0.717, 1.165) is 4.47 Å². The molecule has 3 N–H and O–H groups in total. The maximum absolute atomic E-state index is 10.7. The molecule has 8 heteroatoms. The first-order chi connectivity index (χ1) is 8.97. The van der Waals surface area contributed by atoms with Gasteiger partial charge in [-0.2, -0.15) is 0 Å². The monoisotopic (exact) mass is 344 g/mol. The van der Waals surface area contributed by atoms with Crippen LogP contribution in [0.5, 0.6) is 0 Å². The molecule has 0 radical (unpaired) electrons. The van der Waals surface area contributed by atoms with E-state index in [-0.39, 0.29) is 6.42 Å². The molecule has 6 nitrogen and oxygen atoms in total. The van der Waals surface area contributed by atoms with Crippen LogP contribution >= 0.6 is 27.5 Å². The van der Waals surface area contributed by atoms with Crippen molar-refractivity contribution in [3.05, 3.63) is 39.6 Å². The summed E-state index contributed by atoms with van der Waals surface area (Å²) < 4.78 is 2.34.